The summed E-state index contributed by atoms with van der Waals surface area (Å²) in [7, 11) is 0. The topological polar surface area (TPSA) is 24.9 Å². The smallest absolute Gasteiger partial charge is 0.0398 e. The molecule has 20 heavy (non-hydrogen) atoms. The third-order valence-corrected chi connectivity index (χ3v) is 4.80. The van der Waals surface area contributed by atoms with E-state index >= 15 is 0 Å². The fourth-order valence-corrected chi connectivity index (χ4v) is 3.06. The van der Waals surface area contributed by atoms with Crippen LogP contribution in [0.5, 0.6) is 0 Å². The molecule has 2 nitrogen and oxygen atoms in total. The van der Waals surface area contributed by atoms with E-state index in [4.69, 9.17) is 0 Å². The van der Waals surface area contributed by atoms with E-state index in [9.17, 15) is 0 Å². The molecule has 2 aromatic rings. The minimum Gasteiger partial charge on any atom is -0.310 e. The van der Waals surface area contributed by atoms with Gasteiger partial charge in [0.2, 0.25) is 0 Å². The molecule has 0 aliphatic rings. The van der Waals surface area contributed by atoms with Gasteiger partial charge in [0.1, 0.15) is 0 Å². The van der Waals surface area contributed by atoms with Gasteiger partial charge >= 0.3 is 0 Å². The zero-order valence-electron chi connectivity index (χ0n) is 12.2. The second kappa shape index (κ2) is 7.00. The average Bonchev–Trinajstić information content (AvgIpc) is 2.48. The van der Waals surface area contributed by atoms with E-state index in [0.717, 1.165) is 6.54 Å². The van der Waals surface area contributed by atoms with Crippen molar-refractivity contribution in [1.29, 1.82) is 0 Å². The number of hydrogen-bond acceptors (Lipinski definition) is 2. The van der Waals surface area contributed by atoms with Crippen LogP contribution in [0.1, 0.15) is 42.5 Å². The number of hydrogen-bond donors (Lipinski definition) is 1. The summed E-state index contributed by atoms with van der Waals surface area (Å²) in [6, 6.07) is 10.9. The highest BCUT2D eigenvalue weighted by Gasteiger charge is 2.22. The Bertz CT molecular complexity index is 554. The fraction of sp³-hybridized carbons (Fsp3) is 0.353. The maximum atomic E-state index is 4.11. The minimum absolute atomic E-state index is 0.289. The van der Waals surface area contributed by atoms with Gasteiger partial charge in [0.05, 0.1) is 0 Å². The summed E-state index contributed by atoms with van der Waals surface area (Å²) in [5.41, 5.74) is 3.89. The molecule has 0 aliphatic heterocycles. The quantitative estimate of drug-likeness (QED) is 0.864. The number of aryl methyl sites for hydroxylation is 1. The van der Waals surface area contributed by atoms with Crippen LogP contribution in [0.4, 0.5) is 0 Å². The molecule has 2 unspecified atom stereocenters. The van der Waals surface area contributed by atoms with Gasteiger partial charge in [0.25, 0.3) is 0 Å². The molecule has 0 amide bonds. The van der Waals surface area contributed by atoms with E-state index in [0.29, 0.717) is 5.92 Å². The molecule has 0 saturated carbocycles. The monoisotopic (exact) mass is 332 g/mol. The van der Waals surface area contributed by atoms with Gasteiger partial charge < -0.3 is 5.32 Å². The van der Waals surface area contributed by atoms with Gasteiger partial charge in [-0.1, -0.05) is 48.0 Å². The molecule has 0 radical (unpaired) electrons. The van der Waals surface area contributed by atoms with Crippen molar-refractivity contribution in [2.75, 3.05) is 6.54 Å². The predicted octanol–water partition coefficient (Wildman–Crippen LogP) is 4.61. The van der Waals surface area contributed by atoms with Gasteiger partial charge in [0, 0.05) is 28.8 Å². The molecular formula is C17H21BrN2. The molecule has 1 aromatic carbocycles. The van der Waals surface area contributed by atoms with Crippen LogP contribution in [-0.2, 0) is 0 Å². The van der Waals surface area contributed by atoms with Gasteiger partial charge in [-0.3, -0.25) is 4.98 Å². The highest BCUT2D eigenvalue weighted by molar-refractivity contribution is 9.10. The molecule has 106 valence electrons. The first-order valence-electron chi connectivity index (χ1n) is 7.03. The van der Waals surface area contributed by atoms with Crippen molar-refractivity contribution in [2.45, 2.75) is 32.7 Å². The number of nitrogens with one attached hydrogen (secondary N) is 1. The minimum atomic E-state index is 0.289. The van der Waals surface area contributed by atoms with Crippen molar-refractivity contribution in [3.8, 4) is 0 Å². The molecule has 1 N–H and O–H groups in total. The number of benzene rings is 1. The molecular weight excluding hydrogens is 312 g/mol. The van der Waals surface area contributed by atoms with E-state index < -0.39 is 0 Å². The van der Waals surface area contributed by atoms with Crippen LogP contribution in [0.2, 0.25) is 0 Å². The van der Waals surface area contributed by atoms with Crippen LogP contribution >= 0.6 is 15.9 Å². The summed E-state index contributed by atoms with van der Waals surface area (Å²) in [5, 5.41) is 3.61. The lowest BCUT2D eigenvalue weighted by atomic mass is 9.88. The molecule has 0 saturated heterocycles. The molecule has 0 spiro atoms. The van der Waals surface area contributed by atoms with E-state index in [-0.39, 0.29) is 6.04 Å². The second-order valence-corrected chi connectivity index (χ2v) is 5.88. The van der Waals surface area contributed by atoms with Crippen LogP contribution < -0.4 is 5.32 Å². The Hall–Kier alpha value is -1.19. The number of aromatic nitrogens is 1. The number of pyridine rings is 1. The first-order valence-corrected chi connectivity index (χ1v) is 7.82. The van der Waals surface area contributed by atoms with Crippen LogP contribution in [0.3, 0.4) is 0 Å². The van der Waals surface area contributed by atoms with E-state index in [1.165, 1.54) is 21.2 Å². The van der Waals surface area contributed by atoms with Gasteiger partial charge in [-0.2, -0.15) is 0 Å². The molecule has 1 heterocycles. The summed E-state index contributed by atoms with van der Waals surface area (Å²) in [6.07, 6.45) is 3.72. The molecule has 0 bridgehead atoms. The maximum Gasteiger partial charge on any atom is 0.0398 e. The second-order valence-electron chi connectivity index (χ2n) is 5.08. The molecule has 1 aromatic heterocycles. The normalized spacial score (nSPS) is 14.0. The Kier molecular flexibility index (Phi) is 5.32. The Morgan fingerprint density at radius 3 is 2.55 bits per heavy atom. The largest absolute Gasteiger partial charge is 0.310 e. The number of nitrogens with zero attached hydrogens (tertiary/aromatic N) is 1. The summed E-state index contributed by atoms with van der Waals surface area (Å²) < 4.78 is 1.20. The predicted molar refractivity (Wildman–Crippen MR) is 87.9 cm³/mol. The van der Waals surface area contributed by atoms with E-state index in [2.05, 4.69) is 77.3 Å². The highest BCUT2D eigenvalue weighted by atomic mass is 79.9. The van der Waals surface area contributed by atoms with Gasteiger partial charge in [0.15, 0.2) is 0 Å². The summed E-state index contributed by atoms with van der Waals surface area (Å²) in [6.45, 7) is 7.49. The Morgan fingerprint density at radius 2 is 1.90 bits per heavy atom. The van der Waals surface area contributed by atoms with Crippen LogP contribution in [0.25, 0.3) is 0 Å². The van der Waals surface area contributed by atoms with Gasteiger partial charge in [-0.05, 0) is 42.3 Å². The molecule has 2 atom stereocenters. The summed E-state index contributed by atoms with van der Waals surface area (Å²) in [4.78, 5) is 4.11. The molecule has 0 aliphatic carbocycles. The molecule has 3 heteroatoms. The Balaban J connectivity index is 2.38. The van der Waals surface area contributed by atoms with Crippen molar-refractivity contribution in [1.82, 2.24) is 10.3 Å². The van der Waals surface area contributed by atoms with E-state index in [1.807, 2.05) is 12.4 Å². The first kappa shape index (κ1) is 15.2. The number of rotatable bonds is 5. The third kappa shape index (κ3) is 3.28. The average molecular weight is 333 g/mol. The van der Waals surface area contributed by atoms with E-state index in [1.54, 1.807) is 0 Å². The zero-order valence-corrected chi connectivity index (χ0v) is 13.8. The standard InChI is InChI=1S/C17H21BrN2/c1-4-20-17(13(3)14-8-10-19-11-9-14)15-7-5-6-12(2)16(15)18/h5-11,13,17,20H,4H2,1-3H3. The van der Waals surface area contributed by atoms with Crippen molar-refractivity contribution >= 4 is 15.9 Å². The van der Waals surface area contributed by atoms with Crippen molar-refractivity contribution in [3.63, 3.8) is 0 Å². The summed E-state index contributed by atoms with van der Waals surface area (Å²) in [5.74, 6) is 0.385. The number of likely N-dealkylation sites (N-methyl/N-ethyl adjacent to an activating group) is 1. The fourth-order valence-electron chi connectivity index (χ4n) is 2.55. The highest BCUT2D eigenvalue weighted by Crippen LogP contribution is 2.35. The third-order valence-electron chi connectivity index (χ3n) is 3.71. The first-order chi connectivity index (χ1) is 9.65. The molecule has 2 rings (SSSR count). The zero-order chi connectivity index (χ0) is 14.5. The Morgan fingerprint density at radius 1 is 1.20 bits per heavy atom. The van der Waals surface area contributed by atoms with Gasteiger partial charge in [-0.25, -0.2) is 0 Å². The SMILES string of the molecule is CCNC(c1cccc(C)c1Br)C(C)c1ccncc1. The van der Waals surface area contributed by atoms with Crippen LogP contribution in [-0.4, -0.2) is 11.5 Å². The van der Waals surface area contributed by atoms with Crippen molar-refractivity contribution in [2.24, 2.45) is 0 Å². The van der Waals surface area contributed by atoms with Crippen molar-refractivity contribution < 1.29 is 0 Å². The van der Waals surface area contributed by atoms with Crippen molar-refractivity contribution in [3.05, 3.63) is 63.9 Å². The van der Waals surface area contributed by atoms with Crippen LogP contribution in [0.15, 0.2) is 47.2 Å². The maximum absolute atomic E-state index is 4.11. The lowest BCUT2D eigenvalue weighted by Crippen LogP contribution is -2.26. The number of halogens is 1. The molecule has 0 fully saturated rings. The Labute approximate surface area is 129 Å². The lowest BCUT2D eigenvalue weighted by Gasteiger charge is -2.27. The van der Waals surface area contributed by atoms with Crippen LogP contribution in [0, 0.1) is 6.92 Å². The van der Waals surface area contributed by atoms with Gasteiger partial charge in [-0.15, -0.1) is 0 Å². The summed E-state index contributed by atoms with van der Waals surface area (Å²) >= 11 is 3.74. The lowest BCUT2D eigenvalue weighted by molar-refractivity contribution is 0.477.